The molecule has 3 aromatic carbocycles. The van der Waals surface area contributed by atoms with Crippen molar-refractivity contribution in [2.75, 3.05) is 59.6 Å². The molecule has 0 spiro atoms. The number of nitrogens with zero attached hydrogens (tertiary/aromatic N) is 12. The molecular weight excluding hydrogens is 1050 g/mol. The van der Waals surface area contributed by atoms with Gasteiger partial charge >= 0.3 is 23.9 Å². The number of aryl methyl sites for hydroxylation is 2. The van der Waals surface area contributed by atoms with Crippen molar-refractivity contribution in [2.45, 2.75) is 33.5 Å². The second-order valence-corrected chi connectivity index (χ2v) is 16.8. The lowest BCUT2D eigenvalue weighted by Gasteiger charge is -2.14. The van der Waals surface area contributed by atoms with Crippen LogP contribution in [0.4, 0.5) is 63.9 Å². The number of anilines is 7. The van der Waals surface area contributed by atoms with Crippen LogP contribution < -0.4 is 43.0 Å². The number of benzene rings is 3. The topological polar surface area (TPSA) is 473 Å². The van der Waals surface area contributed by atoms with E-state index < -0.39 is 53.5 Å². The summed E-state index contributed by atoms with van der Waals surface area (Å²) in [6, 6.07) is 15.4. The number of pyridine rings is 2. The molecule has 4 aromatic heterocycles. The van der Waals surface area contributed by atoms with E-state index >= 15 is 0 Å². The number of aromatic hydroxyl groups is 2. The molecule has 0 atom stereocenters. The fourth-order valence-electron chi connectivity index (χ4n) is 7.22. The van der Waals surface area contributed by atoms with Gasteiger partial charge < -0.3 is 67.4 Å². The summed E-state index contributed by atoms with van der Waals surface area (Å²) in [5.74, 6) is -6.28. The van der Waals surface area contributed by atoms with Gasteiger partial charge in [0.2, 0.25) is 41.5 Å². The van der Waals surface area contributed by atoms with E-state index in [1.54, 1.807) is 24.3 Å². The molecule has 0 aliphatic rings. The lowest BCUT2D eigenvalue weighted by atomic mass is 10.1. The largest absolute Gasteiger partial charge is 0.493 e. The van der Waals surface area contributed by atoms with Gasteiger partial charge in [-0.05, 0) is 85.6 Å². The van der Waals surface area contributed by atoms with E-state index in [0.29, 0.717) is 11.4 Å². The summed E-state index contributed by atoms with van der Waals surface area (Å²) in [4.78, 5) is 98.6. The maximum Gasteiger partial charge on any atom is 0.335 e. The number of carboxylic acids is 4. The van der Waals surface area contributed by atoms with E-state index in [2.05, 4.69) is 82.3 Å². The number of aliphatic hydroxyl groups is 2. The first-order chi connectivity index (χ1) is 38.3. The molecule has 7 rings (SSSR count). The quantitative estimate of drug-likeness (QED) is 0.0267. The number of aliphatic hydroxyl groups excluding tert-OH is 2. The second-order valence-electron chi connectivity index (χ2n) is 16.8. The van der Waals surface area contributed by atoms with E-state index in [0.717, 1.165) is 45.5 Å². The summed E-state index contributed by atoms with van der Waals surface area (Å²) in [5.41, 5.74) is -1.69. The summed E-state index contributed by atoms with van der Waals surface area (Å²) in [6.07, 6.45) is 0. The van der Waals surface area contributed by atoms with Gasteiger partial charge in [0.1, 0.15) is 17.2 Å². The molecular formula is C48H48N18O14. The van der Waals surface area contributed by atoms with Crippen molar-refractivity contribution in [3.05, 3.63) is 133 Å². The zero-order valence-electron chi connectivity index (χ0n) is 42.0. The Kier molecular flexibility index (Phi) is 18.3. The molecule has 14 N–H and O–H groups in total. The Hall–Kier alpha value is -10.9. The van der Waals surface area contributed by atoms with Crippen LogP contribution in [0.5, 0.6) is 11.8 Å². The molecule has 80 heavy (non-hydrogen) atoms. The van der Waals surface area contributed by atoms with Crippen LogP contribution in [0.3, 0.4) is 0 Å². The summed E-state index contributed by atoms with van der Waals surface area (Å²) >= 11 is 0. The summed E-state index contributed by atoms with van der Waals surface area (Å²) in [7, 11) is 0. The summed E-state index contributed by atoms with van der Waals surface area (Å²) in [6.45, 7) is 2.07. The predicted molar refractivity (Wildman–Crippen MR) is 282 cm³/mol. The normalized spacial score (nSPS) is 11.2. The Balaban J connectivity index is 1.02. The average Bonchev–Trinajstić information content (AvgIpc) is 3.45. The van der Waals surface area contributed by atoms with Gasteiger partial charge in [0.05, 0.1) is 53.5 Å². The fourth-order valence-corrected chi connectivity index (χ4v) is 7.22. The molecule has 0 radical (unpaired) electrons. The minimum atomic E-state index is -1.39. The number of aromatic carboxylic acids is 4. The Labute approximate surface area is 449 Å². The third-order valence-electron chi connectivity index (χ3n) is 11.0. The van der Waals surface area contributed by atoms with Crippen LogP contribution in [-0.4, -0.2) is 137 Å². The molecule has 0 fully saturated rings. The van der Waals surface area contributed by atoms with Crippen LogP contribution in [0.1, 0.15) is 58.4 Å². The highest BCUT2D eigenvalue weighted by atomic mass is 16.4. The van der Waals surface area contributed by atoms with E-state index in [1.165, 1.54) is 26.0 Å². The molecule has 0 aliphatic heterocycles. The van der Waals surface area contributed by atoms with Gasteiger partial charge in [0.25, 0.3) is 11.1 Å². The van der Waals surface area contributed by atoms with Crippen LogP contribution in [0.25, 0.3) is 0 Å². The van der Waals surface area contributed by atoms with E-state index in [9.17, 15) is 69.6 Å². The first-order valence-corrected chi connectivity index (χ1v) is 23.5. The standard InChI is InChI=1S/C48H48N18O14/c1-23-13-34(69)65(38(71)36(23)63-61-31-17-25(40(73)74)15-26(18-31)41(75)76)10-7-50-44-55-33(21-49-22-68)56-47(58-44)53-29-3-5-30(6-4-29)54-48-59-45(57-46(60-48)52-9-12-67)51-8-11-66-35(70)14-24(2)37(39(66)72)64-62-32-19-27(42(77)78)16-28(20-32)43(79)80/h3-6,13-20,49,67-68,71-72H,7-12,21-22H2,1-2H3,(H,73,74)(H,75,76)(H,77,78)(H,79,80)(H2,50,53,55,56,58)(H3,51,52,54,57,59,60). The molecule has 0 saturated heterocycles. The van der Waals surface area contributed by atoms with E-state index in [4.69, 9.17) is 0 Å². The minimum absolute atomic E-state index is 0.0216. The Morgan fingerprint density at radius 2 is 0.863 bits per heavy atom. The monoisotopic (exact) mass is 1100 g/mol. The average molecular weight is 1100 g/mol. The maximum absolute atomic E-state index is 13.0. The molecule has 0 aliphatic carbocycles. The van der Waals surface area contributed by atoms with Crippen molar-refractivity contribution in [2.24, 2.45) is 20.5 Å². The molecule has 7 aromatic rings. The van der Waals surface area contributed by atoms with Gasteiger partial charge in [0.15, 0.2) is 0 Å². The molecule has 32 heteroatoms. The molecule has 414 valence electrons. The van der Waals surface area contributed by atoms with Crippen molar-refractivity contribution in [1.82, 2.24) is 44.4 Å². The number of rotatable bonds is 26. The highest BCUT2D eigenvalue weighted by Crippen LogP contribution is 2.33. The third-order valence-corrected chi connectivity index (χ3v) is 11.0. The van der Waals surface area contributed by atoms with E-state index in [1.807, 2.05) is 0 Å². The molecule has 4 heterocycles. The van der Waals surface area contributed by atoms with Crippen molar-refractivity contribution in [3.63, 3.8) is 0 Å². The van der Waals surface area contributed by atoms with Crippen LogP contribution in [0, 0.1) is 13.8 Å². The SMILES string of the molecule is Cc1cc(=O)n(CCNc2nc(CNCO)nc(Nc3ccc(Nc4nc(NCCO)nc(NCCn5c(O)c(N=Nc6cc(C(=O)O)cc(C(=O)O)c6)c(C)cc5=O)n4)cc3)n2)c(O)c1N=Nc1cc(C(=O)O)cc(C(=O)O)c1. The number of hydrogen-bond donors (Lipinski definition) is 14. The fraction of sp³-hybridized carbons (Fsp3) is 0.208. The molecule has 0 unspecified atom stereocenters. The molecule has 32 nitrogen and oxygen atoms in total. The highest BCUT2D eigenvalue weighted by Gasteiger charge is 2.18. The van der Waals surface area contributed by atoms with Crippen molar-refractivity contribution >= 4 is 87.7 Å². The summed E-state index contributed by atoms with van der Waals surface area (Å²) in [5, 5.41) is 112. The van der Waals surface area contributed by atoms with E-state index in [-0.39, 0.29) is 138 Å². The highest BCUT2D eigenvalue weighted by molar-refractivity contribution is 5.96. The van der Waals surface area contributed by atoms with Gasteiger partial charge in [-0.15, -0.1) is 10.2 Å². The van der Waals surface area contributed by atoms with Gasteiger partial charge in [-0.1, -0.05) is 0 Å². The third kappa shape index (κ3) is 14.7. The number of azo groups is 2. The van der Waals surface area contributed by atoms with Crippen molar-refractivity contribution in [1.29, 1.82) is 0 Å². The number of carboxylic acid groups (broad SMARTS) is 4. The number of hydrogen-bond acceptors (Lipinski definition) is 26. The van der Waals surface area contributed by atoms with Gasteiger partial charge in [-0.25, -0.2) is 19.2 Å². The molecule has 0 bridgehead atoms. The maximum atomic E-state index is 13.0. The zero-order chi connectivity index (χ0) is 57.6. The number of aromatic nitrogens is 8. The zero-order valence-corrected chi connectivity index (χ0v) is 42.0. The van der Waals surface area contributed by atoms with Crippen LogP contribution in [0.15, 0.2) is 103 Å². The molecule has 0 amide bonds. The number of carbonyl (C=O) groups is 4. The first-order valence-electron chi connectivity index (χ1n) is 23.5. The predicted octanol–water partition coefficient (Wildman–Crippen LogP) is 4.19. The van der Waals surface area contributed by atoms with Gasteiger partial charge in [-0.3, -0.25) is 24.0 Å². The Morgan fingerprint density at radius 1 is 0.500 bits per heavy atom. The van der Waals surface area contributed by atoms with Gasteiger partial charge in [-0.2, -0.15) is 40.1 Å². The summed E-state index contributed by atoms with van der Waals surface area (Å²) < 4.78 is 1.98. The van der Waals surface area contributed by atoms with Crippen molar-refractivity contribution in [3.8, 4) is 11.8 Å². The Bertz CT molecular complexity index is 3380. The Morgan fingerprint density at radius 3 is 1.25 bits per heavy atom. The van der Waals surface area contributed by atoms with Crippen LogP contribution in [0.2, 0.25) is 0 Å². The van der Waals surface area contributed by atoms with Gasteiger partial charge in [0, 0.05) is 56.2 Å². The number of nitrogens with one attached hydrogen (secondary N) is 6. The first kappa shape index (κ1) is 56.9. The van der Waals surface area contributed by atoms with Crippen LogP contribution in [-0.2, 0) is 19.6 Å². The second kappa shape index (κ2) is 25.8. The molecule has 0 saturated carbocycles. The lowest BCUT2D eigenvalue weighted by Crippen LogP contribution is -2.24. The van der Waals surface area contributed by atoms with Crippen LogP contribution >= 0.6 is 0 Å². The van der Waals surface area contributed by atoms with Crippen molar-refractivity contribution < 1.29 is 60.0 Å². The minimum Gasteiger partial charge on any atom is -0.493 e. The lowest BCUT2D eigenvalue weighted by molar-refractivity contribution is 0.0676. The smallest absolute Gasteiger partial charge is 0.335 e.